The highest BCUT2D eigenvalue weighted by Crippen LogP contribution is 2.44. The number of Topliss-reactive ketones (excluding diaryl/α,β-unsaturated/α-hetero) is 1. The van der Waals surface area contributed by atoms with E-state index in [0.29, 0.717) is 19.3 Å². The normalized spacial score (nSPS) is 13.8. The third-order valence-electron chi connectivity index (χ3n) is 3.76. The van der Waals surface area contributed by atoms with Crippen LogP contribution < -0.4 is 0 Å². The Balaban J connectivity index is 1.65. The van der Waals surface area contributed by atoms with E-state index in [4.69, 9.17) is 9.05 Å². The lowest BCUT2D eigenvalue weighted by Crippen LogP contribution is -2.05. The third-order valence-corrected chi connectivity index (χ3v) is 4.96. The zero-order valence-corrected chi connectivity index (χ0v) is 16.2. The largest absolute Gasteiger partial charge is 0.472 e. The molecule has 1 aromatic carbocycles. The second kappa shape index (κ2) is 9.93. The van der Waals surface area contributed by atoms with Crippen molar-refractivity contribution >= 4 is 24.4 Å². The van der Waals surface area contributed by atoms with Crippen LogP contribution >= 0.6 is 7.82 Å². The molecule has 0 bridgehead atoms. The van der Waals surface area contributed by atoms with Gasteiger partial charge in [0.1, 0.15) is 5.78 Å². The van der Waals surface area contributed by atoms with E-state index >= 15 is 0 Å². The number of nitrogens with zero attached hydrogens (tertiary/aromatic N) is 1. The maximum absolute atomic E-state index is 12.1. The van der Waals surface area contributed by atoms with Crippen molar-refractivity contribution in [3.8, 4) is 0 Å². The van der Waals surface area contributed by atoms with Crippen molar-refractivity contribution in [2.45, 2.75) is 52.1 Å². The first-order chi connectivity index (χ1) is 12.4. The quantitative estimate of drug-likeness (QED) is 0.459. The number of aromatic nitrogens is 1. The summed E-state index contributed by atoms with van der Waals surface area (Å²) in [6.45, 7) is 3.48. The van der Waals surface area contributed by atoms with Gasteiger partial charge in [-0.25, -0.2) is 4.57 Å². The van der Waals surface area contributed by atoms with Crippen molar-refractivity contribution in [2.75, 3.05) is 6.61 Å². The fraction of sp³-hybridized carbons (Fsp3) is 0.474. The molecule has 1 unspecified atom stereocenters. The number of hydrogen-bond donors (Lipinski definition) is 1. The Morgan fingerprint density at radius 2 is 1.92 bits per heavy atom. The van der Waals surface area contributed by atoms with Crippen LogP contribution in [0.5, 0.6) is 0 Å². The molecule has 0 amide bonds. The average molecular weight is 379 g/mol. The van der Waals surface area contributed by atoms with Gasteiger partial charge in [0, 0.05) is 30.1 Å². The first-order valence-electron chi connectivity index (χ1n) is 8.87. The van der Waals surface area contributed by atoms with Gasteiger partial charge >= 0.3 is 7.82 Å². The van der Waals surface area contributed by atoms with Crippen LogP contribution in [0.25, 0.3) is 10.8 Å². The Bertz CT molecular complexity index is 777. The second-order valence-electron chi connectivity index (χ2n) is 6.50. The van der Waals surface area contributed by atoms with Crippen molar-refractivity contribution in [3.63, 3.8) is 0 Å². The van der Waals surface area contributed by atoms with E-state index in [9.17, 15) is 14.3 Å². The van der Waals surface area contributed by atoms with Gasteiger partial charge in [0.25, 0.3) is 0 Å². The fourth-order valence-electron chi connectivity index (χ4n) is 2.59. The Hall–Kier alpha value is -1.59. The van der Waals surface area contributed by atoms with Crippen LogP contribution in [0.2, 0.25) is 0 Å². The molecule has 2 rings (SSSR count). The van der Waals surface area contributed by atoms with Gasteiger partial charge in [-0.2, -0.15) is 0 Å². The average Bonchev–Trinajstić information content (AvgIpc) is 2.56. The summed E-state index contributed by atoms with van der Waals surface area (Å²) in [4.78, 5) is 25.8. The molecule has 2 aromatic rings. The summed E-state index contributed by atoms with van der Waals surface area (Å²) >= 11 is 0. The second-order valence-corrected chi connectivity index (χ2v) is 7.91. The highest BCUT2D eigenvalue weighted by atomic mass is 31.2. The lowest BCUT2D eigenvalue weighted by molar-refractivity contribution is -0.118. The molecule has 0 aliphatic carbocycles. The number of ketones is 1. The first-order valence-corrected chi connectivity index (χ1v) is 10.4. The van der Waals surface area contributed by atoms with Gasteiger partial charge in [-0.05, 0) is 38.1 Å². The minimum Gasteiger partial charge on any atom is -0.302 e. The fourth-order valence-corrected chi connectivity index (χ4v) is 3.55. The van der Waals surface area contributed by atoms with Crippen LogP contribution in [0, 0.1) is 0 Å². The minimum absolute atomic E-state index is 0.140. The number of hydrogen-bond acceptors (Lipinski definition) is 5. The molecule has 0 radical (unpaired) electrons. The molecule has 0 saturated carbocycles. The van der Waals surface area contributed by atoms with Crippen molar-refractivity contribution in [3.05, 3.63) is 42.2 Å². The van der Waals surface area contributed by atoms with Crippen molar-refractivity contribution in [1.29, 1.82) is 0 Å². The van der Waals surface area contributed by atoms with E-state index in [1.165, 1.54) is 0 Å². The molecule has 0 fully saturated rings. The SMILES string of the molecule is CC(C)OP(=O)(O)OCCCCCC(=O)Cc1cc2ccccc2cn1. The van der Waals surface area contributed by atoms with E-state index in [-0.39, 0.29) is 18.5 Å². The lowest BCUT2D eigenvalue weighted by atomic mass is 10.1. The third kappa shape index (κ3) is 7.34. The van der Waals surface area contributed by atoms with E-state index in [2.05, 4.69) is 4.98 Å². The Kier molecular flexibility index (Phi) is 7.91. The van der Waals surface area contributed by atoms with E-state index < -0.39 is 7.82 Å². The van der Waals surface area contributed by atoms with Crippen molar-refractivity contribution in [2.24, 2.45) is 0 Å². The molecule has 1 N–H and O–H groups in total. The molecule has 1 atom stereocenters. The van der Waals surface area contributed by atoms with E-state index in [1.54, 1.807) is 20.0 Å². The Morgan fingerprint density at radius 1 is 1.19 bits per heavy atom. The summed E-state index contributed by atoms with van der Waals surface area (Å²) < 4.78 is 21.2. The lowest BCUT2D eigenvalue weighted by Gasteiger charge is -2.14. The highest BCUT2D eigenvalue weighted by Gasteiger charge is 2.22. The summed E-state index contributed by atoms with van der Waals surface area (Å²) in [5, 5.41) is 2.14. The van der Waals surface area contributed by atoms with Crippen LogP contribution in [0.4, 0.5) is 0 Å². The zero-order valence-electron chi connectivity index (χ0n) is 15.3. The summed E-state index contributed by atoms with van der Waals surface area (Å²) in [5.74, 6) is 0.143. The molecule has 26 heavy (non-hydrogen) atoms. The maximum atomic E-state index is 12.1. The number of rotatable bonds is 11. The summed E-state index contributed by atoms with van der Waals surface area (Å²) in [6, 6.07) is 9.88. The number of benzene rings is 1. The number of pyridine rings is 1. The van der Waals surface area contributed by atoms with E-state index in [0.717, 1.165) is 29.3 Å². The molecule has 7 heteroatoms. The molecule has 6 nitrogen and oxygen atoms in total. The highest BCUT2D eigenvalue weighted by molar-refractivity contribution is 7.47. The number of phosphoric ester groups is 1. The Morgan fingerprint density at radius 3 is 2.65 bits per heavy atom. The topological polar surface area (TPSA) is 85.7 Å². The smallest absolute Gasteiger partial charge is 0.302 e. The molecule has 0 aliphatic rings. The summed E-state index contributed by atoms with van der Waals surface area (Å²) in [5.41, 5.74) is 0.782. The molecule has 1 aromatic heterocycles. The molecular weight excluding hydrogens is 353 g/mol. The molecular formula is C19H26NO5P. The summed E-state index contributed by atoms with van der Waals surface area (Å²) in [6.07, 6.45) is 4.29. The molecule has 0 saturated heterocycles. The van der Waals surface area contributed by atoms with Gasteiger partial charge in [0.2, 0.25) is 0 Å². The van der Waals surface area contributed by atoms with E-state index in [1.807, 2.05) is 30.3 Å². The number of carbonyl (C=O) groups is 1. The Labute approximate surface area is 154 Å². The maximum Gasteiger partial charge on any atom is 0.472 e. The van der Waals surface area contributed by atoms with Crippen molar-refractivity contribution in [1.82, 2.24) is 4.98 Å². The predicted molar refractivity (Wildman–Crippen MR) is 101 cm³/mol. The van der Waals surface area contributed by atoms with Gasteiger partial charge in [-0.3, -0.25) is 18.8 Å². The predicted octanol–water partition coefficient (Wildman–Crippen LogP) is 4.45. The molecule has 1 heterocycles. The zero-order chi connectivity index (χ0) is 19.0. The van der Waals surface area contributed by atoms with Crippen LogP contribution in [-0.4, -0.2) is 28.4 Å². The number of carbonyl (C=O) groups excluding carboxylic acids is 1. The van der Waals surface area contributed by atoms with Crippen LogP contribution in [0.3, 0.4) is 0 Å². The summed E-state index contributed by atoms with van der Waals surface area (Å²) in [7, 11) is -3.96. The monoisotopic (exact) mass is 379 g/mol. The van der Waals surface area contributed by atoms with Crippen LogP contribution in [0.15, 0.2) is 36.5 Å². The van der Waals surface area contributed by atoms with Gasteiger partial charge in [0.05, 0.1) is 12.7 Å². The number of unbranched alkanes of at least 4 members (excludes halogenated alkanes) is 2. The standard InChI is InChI=1S/C19H26NO5P/c1-15(2)25-26(22,23)24-11-7-3-4-10-19(21)13-18-12-16-8-5-6-9-17(16)14-20-18/h5-6,8-9,12,14-15H,3-4,7,10-11,13H2,1-2H3,(H,22,23). The van der Waals surface area contributed by atoms with Gasteiger partial charge < -0.3 is 4.89 Å². The minimum atomic E-state index is -3.96. The van der Waals surface area contributed by atoms with Gasteiger partial charge in [-0.15, -0.1) is 0 Å². The molecule has 0 spiro atoms. The number of phosphoric acid groups is 1. The van der Waals surface area contributed by atoms with Gasteiger partial charge in [0.15, 0.2) is 0 Å². The molecule has 0 aliphatic heterocycles. The van der Waals surface area contributed by atoms with Crippen molar-refractivity contribution < 1.29 is 23.3 Å². The molecule has 142 valence electrons. The number of fused-ring (bicyclic) bond motifs is 1. The van der Waals surface area contributed by atoms with Gasteiger partial charge in [-0.1, -0.05) is 30.7 Å². The first kappa shape index (κ1) is 20.7. The van der Waals surface area contributed by atoms with Crippen LogP contribution in [0.1, 0.15) is 45.2 Å². The van der Waals surface area contributed by atoms with Crippen LogP contribution in [-0.2, 0) is 24.8 Å².